The summed E-state index contributed by atoms with van der Waals surface area (Å²) in [6.45, 7) is 4.97. The molecule has 1 saturated carbocycles. The molecule has 3 heteroatoms. The van der Waals surface area contributed by atoms with E-state index in [0.29, 0.717) is 17.2 Å². The molecule has 1 aromatic rings. The van der Waals surface area contributed by atoms with Crippen LogP contribution in [-0.2, 0) is 0 Å². The number of amides is 1. The van der Waals surface area contributed by atoms with E-state index < -0.39 is 0 Å². The highest BCUT2D eigenvalue weighted by Crippen LogP contribution is 2.30. The maximum Gasteiger partial charge on any atom is 0.251 e. The Kier molecular flexibility index (Phi) is 5.05. The summed E-state index contributed by atoms with van der Waals surface area (Å²) in [6.07, 6.45) is 6.41. The van der Waals surface area contributed by atoms with Crippen molar-refractivity contribution in [3.05, 3.63) is 29.3 Å². The molecule has 1 aliphatic carbocycles. The normalized spacial score (nSPS) is 22.5. The summed E-state index contributed by atoms with van der Waals surface area (Å²) in [5, 5.41) is 3.08. The Morgan fingerprint density at radius 3 is 2.55 bits per heavy atom. The van der Waals surface area contributed by atoms with E-state index in [4.69, 9.17) is 5.73 Å². The number of benzene rings is 1. The van der Waals surface area contributed by atoms with Gasteiger partial charge < -0.3 is 11.1 Å². The Morgan fingerprint density at radius 2 is 1.90 bits per heavy atom. The molecule has 20 heavy (non-hydrogen) atoms. The van der Waals surface area contributed by atoms with Crippen molar-refractivity contribution < 1.29 is 4.79 Å². The molecule has 1 amide bonds. The molecule has 1 aliphatic rings. The van der Waals surface area contributed by atoms with Crippen molar-refractivity contribution in [1.82, 2.24) is 5.32 Å². The molecule has 1 aromatic carbocycles. The molecule has 2 rings (SSSR count). The molecule has 0 heterocycles. The van der Waals surface area contributed by atoms with Crippen molar-refractivity contribution in [3.8, 4) is 0 Å². The number of rotatable bonds is 4. The van der Waals surface area contributed by atoms with Crippen LogP contribution in [0.5, 0.6) is 0 Å². The number of hydrogen-bond donors (Lipinski definition) is 2. The third-order valence-corrected chi connectivity index (χ3v) is 4.72. The van der Waals surface area contributed by atoms with Gasteiger partial charge in [0.1, 0.15) is 0 Å². The fourth-order valence-corrected chi connectivity index (χ4v) is 3.08. The number of anilines is 1. The molecule has 0 saturated heterocycles. The van der Waals surface area contributed by atoms with Crippen LogP contribution >= 0.6 is 0 Å². The quantitative estimate of drug-likeness (QED) is 0.825. The van der Waals surface area contributed by atoms with Crippen molar-refractivity contribution in [2.24, 2.45) is 11.8 Å². The molecule has 0 atom stereocenters. The van der Waals surface area contributed by atoms with Gasteiger partial charge in [-0.3, -0.25) is 4.79 Å². The number of carbonyl (C=O) groups is 1. The molecular weight excluding hydrogens is 248 g/mol. The molecule has 0 aromatic heterocycles. The van der Waals surface area contributed by atoms with Crippen molar-refractivity contribution in [2.75, 3.05) is 12.3 Å². The monoisotopic (exact) mass is 274 g/mol. The molecule has 3 nitrogen and oxygen atoms in total. The maximum absolute atomic E-state index is 12.2. The average Bonchev–Trinajstić information content (AvgIpc) is 2.48. The number of nitrogens with two attached hydrogens (primary N) is 1. The minimum absolute atomic E-state index is 0.00687. The van der Waals surface area contributed by atoms with Crippen LogP contribution in [0.1, 0.15) is 54.9 Å². The van der Waals surface area contributed by atoms with E-state index >= 15 is 0 Å². The van der Waals surface area contributed by atoms with Crippen LogP contribution in [-0.4, -0.2) is 12.5 Å². The first-order chi connectivity index (χ1) is 9.61. The minimum atomic E-state index is 0.00687. The fraction of sp³-hybridized carbons (Fsp3) is 0.588. The topological polar surface area (TPSA) is 55.1 Å². The summed E-state index contributed by atoms with van der Waals surface area (Å²) >= 11 is 0. The fourth-order valence-electron chi connectivity index (χ4n) is 3.08. The largest absolute Gasteiger partial charge is 0.398 e. The Balaban J connectivity index is 1.85. The second kappa shape index (κ2) is 6.78. The average molecular weight is 274 g/mol. The lowest BCUT2D eigenvalue weighted by molar-refractivity contribution is 0.0940. The van der Waals surface area contributed by atoms with Gasteiger partial charge in [0.2, 0.25) is 0 Å². The highest BCUT2D eigenvalue weighted by atomic mass is 16.1. The van der Waals surface area contributed by atoms with Crippen molar-refractivity contribution in [3.63, 3.8) is 0 Å². The van der Waals surface area contributed by atoms with E-state index in [1.165, 1.54) is 32.1 Å². The summed E-state index contributed by atoms with van der Waals surface area (Å²) in [5.41, 5.74) is 8.11. The van der Waals surface area contributed by atoms with Crippen LogP contribution in [0.3, 0.4) is 0 Å². The van der Waals surface area contributed by atoms with Crippen molar-refractivity contribution in [2.45, 2.75) is 46.0 Å². The van der Waals surface area contributed by atoms with E-state index in [1.54, 1.807) is 0 Å². The van der Waals surface area contributed by atoms with E-state index in [-0.39, 0.29) is 5.91 Å². The van der Waals surface area contributed by atoms with Gasteiger partial charge in [0.25, 0.3) is 5.91 Å². The second-order valence-electron chi connectivity index (χ2n) is 6.02. The molecule has 0 radical (unpaired) electrons. The lowest BCUT2D eigenvalue weighted by Crippen LogP contribution is -2.31. The first kappa shape index (κ1) is 14.9. The van der Waals surface area contributed by atoms with E-state index in [2.05, 4.69) is 12.2 Å². The van der Waals surface area contributed by atoms with Crippen molar-refractivity contribution in [1.29, 1.82) is 0 Å². The first-order valence-corrected chi connectivity index (χ1v) is 7.75. The molecule has 110 valence electrons. The standard InChI is InChI=1S/C17H26N2O/c1-3-13-7-9-14(10-8-13)11-19-17(20)15-5-4-6-16(18)12(15)2/h4-6,13-14H,3,7-11,18H2,1-2H3,(H,19,20). The van der Waals surface area contributed by atoms with Gasteiger partial charge in [0, 0.05) is 17.8 Å². The number of nitrogen functional groups attached to an aromatic ring is 1. The molecule has 3 N–H and O–H groups in total. The van der Waals surface area contributed by atoms with Gasteiger partial charge >= 0.3 is 0 Å². The van der Waals surface area contributed by atoms with E-state index in [9.17, 15) is 4.79 Å². The molecule has 1 fully saturated rings. The highest BCUT2D eigenvalue weighted by molar-refractivity contribution is 5.96. The Hall–Kier alpha value is -1.51. The molecule has 0 bridgehead atoms. The molecule has 0 spiro atoms. The third-order valence-electron chi connectivity index (χ3n) is 4.72. The molecule has 0 unspecified atom stereocenters. The van der Waals surface area contributed by atoms with Crippen molar-refractivity contribution >= 4 is 11.6 Å². The van der Waals surface area contributed by atoms with E-state index in [1.807, 2.05) is 25.1 Å². The van der Waals surface area contributed by atoms with E-state index in [0.717, 1.165) is 18.0 Å². The number of hydrogen-bond acceptors (Lipinski definition) is 2. The summed E-state index contributed by atoms with van der Waals surface area (Å²) in [6, 6.07) is 5.51. The zero-order valence-corrected chi connectivity index (χ0v) is 12.6. The highest BCUT2D eigenvalue weighted by Gasteiger charge is 2.20. The summed E-state index contributed by atoms with van der Waals surface area (Å²) in [7, 11) is 0. The third kappa shape index (κ3) is 3.53. The lowest BCUT2D eigenvalue weighted by Gasteiger charge is -2.27. The molecular formula is C17H26N2O. The second-order valence-corrected chi connectivity index (χ2v) is 6.02. The van der Waals surface area contributed by atoms with Crippen LogP contribution in [0, 0.1) is 18.8 Å². The summed E-state index contributed by atoms with van der Waals surface area (Å²) < 4.78 is 0. The van der Waals surface area contributed by atoms with Crippen LogP contribution in [0.4, 0.5) is 5.69 Å². The Bertz CT molecular complexity index is 462. The zero-order valence-electron chi connectivity index (χ0n) is 12.6. The van der Waals surface area contributed by atoms with Gasteiger partial charge in [-0.1, -0.05) is 32.3 Å². The predicted molar refractivity (Wildman–Crippen MR) is 83.7 cm³/mol. The van der Waals surface area contributed by atoms with Crippen LogP contribution < -0.4 is 11.1 Å². The summed E-state index contributed by atoms with van der Waals surface area (Å²) in [4.78, 5) is 12.2. The van der Waals surface area contributed by atoms with Crippen LogP contribution in [0.25, 0.3) is 0 Å². The molecule has 0 aliphatic heterocycles. The zero-order chi connectivity index (χ0) is 14.5. The minimum Gasteiger partial charge on any atom is -0.398 e. The van der Waals surface area contributed by atoms with Crippen LogP contribution in [0.15, 0.2) is 18.2 Å². The lowest BCUT2D eigenvalue weighted by atomic mass is 9.81. The van der Waals surface area contributed by atoms with Gasteiger partial charge in [-0.05, 0) is 49.3 Å². The number of carbonyl (C=O) groups excluding carboxylic acids is 1. The first-order valence-electron chi connectivity index (χ1n) is 7.75. The van der Waals surface area contributed by atoms with Gasteiger partial charge in [-0.15, -0.1) is 0 Å². The Morgan fingerprint density at radius 1 is 1.25 bits per heavy atom. The maximum atomic E-state index is 12.2. The van der Waals surface area contributed by atoms with Crippen LogP contribution in [0.2, 0.25) is 0 Å². The van der Waals surface area contributed by atoms with Gasteiger partial charge in [-0.2, -0.15) is 0 Å². The SMILES string of the molecule is CCC1CCC(CNC(=O)c2cccc(N)c2C)CC1. The Labute approximate surface area is 121 Å². The van der Waals surface area contributed by atoms with Gasteiger partial charge in [0.15, 0.2) is 0 Å². The predicted octanol–water partition coefficient (Wildman–Crippen LogP) is 3.52. The smallest absolute Gasteiger partial charge is 0.251 e. The summed E-state index contributed by atoms with van der Waals surface area (Å²) in [5.74, 6) is 1.55. The van der Waals surface area contributed by atoms with Gasteiger partial charge in [-0.25, -0.2) is 0 Å². The van der Waals surface area contributed by atoms with Gasteiger partial charge in [0.05, 0.1) is 0 Å². The number of nitrogens with one attached hydrogen (secondary N) is 1.